The van der Waals surface area contributed by atoms with Crippen molar-refractivity contribution in [2.45, 2.75) is 13.0 Å². The van der Waals surface area contributed by atoms with Crippen LogP contribution < -0.4 is 0 Å². The van der Waals surface area contributed by atoms with Crippen LogP contribution in [-0.4, -0.2) is 16.2 Å². The Morgan fingerprint density at radius 3 is 2.60 bits per heavy atom. The number of rotatable bonds is 3. The van der Waals surface area contributed by atoms with Crippen molar-refractivity contribution in [3.05, 3.63) is 59.2 Å². The molecule has 0 fully saturated rings. The third-order valence-electron chi connectivity index (χ3n) is 3.07. The number of benzene rings is 1. The third-order valence-corrected chi connectivity index (χ3v) is 3.07. The summed E-state index contributed by atoms with van der Waals surface area (Å²) < 4.78 is 10.6. The van der Waals surface area contributed by atoms with Crippen LogP contribution in [0.15, 0.2) is 45.2 Å². The molecule has 0 amide bonds. The molecule has 0 spiro atoms. The van der Waals surface area contributed by atoms with Crippen LogP contribution >= 0.6 is 0 Å². The Morgan fingerprint density at radius 2 is 1.90 bits per heavy atom. The Balaban J connectivity index is 1.98. The van der Waals surface area contributed by atoms with Gasteiger partial charge in [-0.3, -0.25) is 0 Å². The molecule has 1 atom stereocenters. The standard InChI is InChI=1S/C15H12O5/c1-8-2-3-10-9(6-8)7-13(19-10)14(16)11-4-5-12(20-11)15(17)18/h2-7,14,16H,1H3,(H,17,18). The second-order valence-electron chi connectivity index (χ2n) is 4.60. The molecule has 0 bridgehead atoms. The summed E-state index contributed by atoms with van der Waals surface area (Å²) in [6, 6.07) is 10.1. The molecular weight excluding hydrogens is 260 g/mol. The van der Waals surface area contributed by atoms with Crippen molar-refractivity contribution in [1.29, 1.82) is 0 Å². The lowest BCUT2D eigenvalue weighted by molar-refractivity contribution is 0.0653. The molecule has 5 nitrogen and oxygen atoms in total. The predicted octanol–water partition coefficient (Wildman–Crippen LogP) is 3.11. The average Bonchev–Trinajstić information content (AvgIpc) is 3.03. The van der Waals surface area contributed by atoms with E-state index >= 15 is 0 Å². The van der Waals surface area contributed by atoms with Crippen LogP contribution in [0.1, 0.15) is 33.7 Å². The fourth-order valence-corrected chi connectivity index (χ4v) is 2.07. The van der Waals surface area contributed by atoms with Crippen molar-refractivity contribution in [1.82, 2.24) is 0 Å². The van der Waals surface area contributed by atoms with Gasteiger partial charge in [-0.05, 0) is 37.3 Å². The summed E-state index contributed by atoms with van der Waals surface area (Å²) in [4.78, 5) is 10.8. The van der Waals surface area contributed by atoms with E-state index in [2.05, 4.69) is 0 Å². The van der Waals surface area contributed by atoms with E-state index < -0.39 is 12.1 Å². The maximum absolute atomic E-state index is 10.8. The highest BCUT2D eigenvalue weighted by molar-refractivity contribution is 5.84. The van der Waals surface area contributed by atoms with E-state index in [1.165, 1.54) is 12.1 Å². The van der Waals surface area contributed by atoms with Gasteiger partial charge in [0, 0.05) is 5.39 Å². The van der Waals surface area contributed by atoms with E-state index in [0.29, 0.717) is 11.3 Å². The molecule has 0 saturated heterocycles. The van der Waals surface area contributed by atoms with Crippen molar-refractivity contribution in [2.75, 3.05) is 0 Å². The van der Waals surface area contributed by atoms with E-state index in [9.17, 15) is 9.90 Å². The van der Waals surface area contributed by atoms with Gasteiger partial charge in [-0.2, -0.15) is 0 Å². The van der Waals surface area contributed by atoms with Crippen molar-refractivity contribution in [2.24, 2.45) is 0 Å². The number of furan rings is 2. The lowest BCUT2D eigenvalue weighted by Crippen LogP contribution is -1.96. The average molecular weight is 272 g/mol. The first-order chi connectivity index (χ1) is 9.54. The first kappa shape index (κ1) is 12.5. The SMILES string of the molecule is Cc1ccc2oc(C(O)c3ccc(C(=O)O)o3)cc2c1. The highest BCUT2D eigenvalue weighted by Crippen LogP contribution is 2.29. The molecule has 20 heavy (non-hydrogen) atoms. The molecule has 102 valence electrons. The van der Waals surface area contributed by atoms with Gasteiger partial charge in [0.2, 0.25) is 5.76 Å². The molecular formula is C15H12O5. The smallest absolute Gasteiger partial charge is 0.371 e. The summed E-state index contributed by atoms with van der Waals surface area (Å²) in [7, 11) is 0. The minimum atomic E-state index is -1.18. The second kappa shape index (κ2) is 4.54. The van der Waals surface area contributed by atoms with E-state index in [0.717, 1.165) is 10.9 Å². The zero-order valence-electron chi connectivity index (χ0n) is 10.7. The predicted molar refractivity (Wildman–Crippen MR) is 70.7 cm³/mol. The molecule has 2 aromatic heterocycles. The Labute approximate surface area is 114 Å². The molecule has 1 unspecified atom stereocenters. The summed E-state index contributed by atoms with van der Waals surface area (Å²) in [5.74, 6) is -0.940. The number of hydrogen-bond donors (Lipinski definition) is 2. The van der Waals surface area contributed by atoms with Crippen LogP contribution in [0.5, 0.6) is 0 Å². The van der Waals surface area contributed by atoms with Crippen molar-refractivity contribution in [3.63, 3.8) is 0 Å². The number of carboxylic acid groups (broad SMARTS) is 1. The first-order valence-electron chi connectivity index (χ1n) is 6.06. The number of carbonyl (C=O) groups is 1. The highest BCUT2D eigenvalue weighted by atomic mass is 16.4. The van der Waals surface area contributed by atoms with Gasteiger partial charge < -0.3 is 19.0 Å². The lowest BCUT2D eigenvalue weighted by Gasteiger charge is -2.02. The Bertz CT molecular complexity index is 781. The number of aryl methyl sites for hydroxylation is 1. The minimum absolute atomic E-state index is 0.137. The zero-order chi connectivity index (χ0) is 14.3. The molecule has 1 aromatic carbocycles. The number of aromatic carboxylic acids is 1. The van der Waals surface area contributed by atoms with E-state index in [1.54, 1.807) is 6.07 Å². The van der Waals surface area contributed by atoms with Gasteiger partial charge in [0.25, 0.3) is 0 Å². The zero-order valence-corrected chi connectivity index (χ0v) is 10.7. The van der Waals surface area contributed by atoms with Gasteiger partial charge in [-0.25, -0.2) is 4.79 Å². The van der Waals surface area contributed by atoms with E-state index in [4.69, 9.17) is 13.9 Å². The van der Waals surface area contributed by atoms with Gasteiger partial charge in [0.05, 0.1) is 0 Å². The molecule has 0 radical (unpaired) electrons. The van der Waals surface area contributed by atoms with Crippen LogP contribution in [0.25, 0.3) is 11.0 Å². The largest absolute Gasteiger partial charge is 0.475 e. The second-order valence-corrected chi connectivity index (χ2v) is 4.60. The van der Waals surface area contributed by atoms with Crippen molar-refractivity contribution in [3.8, 4) is 0 Å². The number of fused-ring (bicyclic) bond motifs is 1. The van der Waals surface area contributed by atoms with Gasteiger partial charge in [-0.1, -0.05) is 11.6 Å². The minimum Gasteiger partial charge on any atom is -0.475 e. The summed E-state index contributed by atoms with van der Waals surface area (Å²) in [5.41, 5.74) is 1.75. The quantitative estimate of drug-likeness (QED) is 0.765. The third kappa shape index (κ3) is 2.08. The Hall–Kier alpha value is -2.53. The van der Waals surface area contributed by atoms with Crippen LogP contribution in [-0.2, 0) is 0 Å². The molecule has 2 heterocycles. The first-order valence-corrected chi connectivity index (χ1v) is 6.06. The highest BCUT2D eigenvalue weighted by Gasteiger charge is 2.20. The van der Waals surface area contributed by atoms with Crippen LogP contribution in [0.3, 0.4) is 0 Å². The summed E-state index contributed by atoms with van der Waals surface area (Å²) in [5, 5.41) is 19.9. The molecule has 0 aliphatic carbocycles. The Kier molecular flexibility index (Phi) is 2.84. The fourth-order valence-electron chi connectivity index (χ4n) is 2.07. The van der Waals surface area contributed by atoms with Gasteiger partial charge in [0.1, 0.15) is 17.1 Å². The maximum atomic E-state index is 10.8. The maximum Gasteiger partial charge on any atom is 0.371 e. The number of carboxylic acids is 1. The normalized spacial score (nSPS) is 12.7. The molecule has 0 saturated carbocycles. The molecule has 5 heteroatoms. The Morgan fingerprint density at radius 1 is 1.10 bits per heavy atom. The molecule has 0 aliphatic heterocycles. The van der Waals surface area contributed by atoms with E-state index in [-0.39, 0.29) is 11.5 Å². The molecule has 3 rings (SSSR count). The summed E-state index contributed by atoms with van der Waals surface area (Å²) in [6.45, 7) is 1.97. The summed E-state index contributed by atoms with van der Waals surface area (Å²) in [6.07, 6.45) is -1.13. The van der Waals surface area contributed by atoms with Gasteiger partial charge >= 0.3 is 5.97 Å². The van der Waals surface area contributed by atoms with Crippen LogP contribution in [0, 0.1) is 6.92 Å². The van der Waals surface area contributed by atoms with E-state index in [1.807, 2.05) is 25.1 Å². The van der Waals surface area contributed by atoms with Crippen LogP contribution in [0.4, 0.5) is 0 Å². The van der Waals surface area contributed by atoms with Crippen molar-refractivity contribution >= 4 is 16.9 Å². The molecule has 0 aliphatic rings. The number of aliphatic hydroxyl groups is 1. The topological polar surface area (TPSA) is 83.8 Å². The fraction of sp³-hybridized carbons (Fsp3) is 0.133. The van der Waals surface area contributed by atoms with Crippen LogP contribution in [0.2, 0.25) is 0 Å². The molecule has 2 N–H and O–H groups in total. The summed E-state index contributed by atoms with van der Waals surface area (Å²) >= 11 is 0. The lowest BCUT2D eigenvalue weighted by atomic mass is 10.1. The van der Waals surface area contributed by atoms with Crippen molar-refractivity contribution < 1.29 is 23.8 Å². The number of aliphatic hydroxyl groups excluding tert-OH is 1. The monoisotopic (exact) mass is 272 g/mol. The van der Waals surface area contributed by atoms with Gasteiger partial charge in [0.15, 0.2) is 6.10 Å². The number of hydrogen-bond acceptors (Lipinski definition) is 4. The molecule has 3 aromatic rings. The van der Waals surface area contributed by atoms with Gasteiger partial charge in [-0.15, -0.1) is 0 Å².